The van der Waals surface area contributed by atoms with Gasteiger partial charge in [-0.2, -0.15) is 4.31 Å². The van der Waals surface area contributed by atoms with E-state index in [1.54, 1.807) is 22.1 Å². The number of nitrogens with zero attached hydrogens (tertiary/aromatic N) is 3. The van der Waals surface area contributed by atoms with Crippen LogP contribution in [0.4, 0.5) is 0 Å². The highest BCUT2D eigenvalue weighted by molar-refractivity contribution is 7.89. The Morgan fingerprint density at radius 2 is 2.00 bits per heavy atom. The molecule has 132 valence electrons. The van der Waals surface area contributed by atoms with Gasteiger partial charge in [-0.3, -0.25) is 0 Å². The van der Waals surface area contributed by atoms with Gasteiger partial charge in [0.15, 0.2) is 5.03 Å². The molecule has 0 amide bonds. The molecule has 1 unspecified atom stereocenters. The molecule has 1 aromatic carbocycles. The summed E-state index contributed by atoms with van der Waals surface area (Å²) in [5, 5.41) is 3.40. The van der Waals surface area contributed by atoms with Crippen molar-refractivity contribution in [1.82, 2.24) is 19.2 Å². The summed E-state index contributed by atoms with van der Waals surface area (Å²) in [6, 6.07) is 7.97. The van der Waals surface area contributed by atoms with Gasteiger partial charge in [-0.1, -0.05) is 31.2 Å². The van der Waals surface area contributed by atoms with Gasteiger partial charge in [0, 0.05) is 32.9 Å². The monoisotopic (exact) mass is 370 g/mol. The molecule has 2 heterocycles. The molecule has 2 aromatic rings. The van der Waals surface area contributed by atoms with Crippen LogP contribution in [0.5, 0.6) is 0 Å². The topological polar surface area (TPSA) is 67.2 Å². The van der Waals surface area contributed by atoms with Crippen LogP contribution in [0.3, 0.4) is 0 Å². The molecule has 8 heteroatoms. The van der Waals surface area contributed by atoms with Gasteiger partial charge in [-0.25, -0.2) is 13.4 Å². The van der Waals surface area contributed by atoms with Gasteiger partial charge < -0.3 is 9.88 Å². The van der Waals surface area contributed by atoms with Crippen molar-refractivity contribution in [1.29, 1.82) is 0 Å². The van der Waals surface area contributed by atoms with Gasteiger partial charge in [-0.05, 0) is 17.5 Å². The molecule has 3 rings (SSSR count). The third-order valence-electron chi connectivity index (χ3n) is 4.22. The lowest BCUT2D eigenvalue weighted by molar-refractivity contribution is 0.271. The van der Waals surface area contributed by atoms with Gasteiger partial charge in [0.25, 0.3) is 10.0 Å². The molecule has 1 fully saturated rings. The fraction of sp³-hybridized carbons (Fsp3) is 0.438. The zero-order valence-electron chi connectivity index (χ0n) is 13.8. The summed E-state index contributed by atoms with van der Waals surface area (Å²) in [4.78, 5) is 4.03. The second kappa shape index (κ2) is 7.65. The van der Waals surface area contributed by atoms with E-state index in [0.29, 0.717) is 19.6 Å². The Hall–Kier alpha value is -1.41. The van der Waals surface area contributed by atoms with Crippen molar-refractivity contribution in [3.05, 3.63) is 47.9 Å². The van der Waals surface area contributed by atoms with Crippen LogP contribution in [0.25, 0.3) is 0 Å². The number of hydrogen-bond acceptors (Lipinski definition) is 4. The minimum atomic E-state index is -3.59. The van der Waals surface area contributed by atoms with Crippen LogP contribution in [-0.4, -0.2) is 41.9 Å². The van der Waals surface area contributed by atoms with Crippen molar-refractivity contribution in [2.75, 3.05) is 19.6 Å². The van der Waals surface area contributed by atoms with Crippen molar-refractivity contribution >= 4 is 22.4 Å². The van der Waals surface area contributed by atoms with E-state index in [9.17, 15) is 8.42 Å². The lowest BCUT2D eigenvalue weighted by atomic mass is 10.0. The van der Waals surface area contributed by atoms with E-state index in [-0.39, 0.29) is 23.5 Å². The van der Waals surface area contributed by atoms with Gasteiger partial charge in [0.2, 0.25) is 0 Å². The molecule has 6 nitrogen and oxygen atoms in total. The molecule has 1 N–H and O–H groups in total. The molecule has 0 bridgehead atoms. The molecule has 24 heavy (non-hydrogen) atoms. The first-order valence-electron chi connectivity index (χ1n) is 7.81. The van der Waals surface area contributed by atoms with E-state index in [0.717, 1.165) is 12.0 Å². The Morgan fingerprint density at radius 1 is 1.29 bits per heavy atom. The quantitative estimate of drug-likeness (QED) is 0.890. The number of nitrogens with one attached hydrogen (secondary N) is 1. The maximum Gasteiger partial charge on any atom is 0.262 e. The van der Waals surface area contributed by atoms with Crippen molar-refractivity contribution in [2.45, 2.75) is 24.4 Å². The van der Waals surface area contributed by atoms with Crippen LogP contribution < -0.4 is 5.32 Å². The second-order valence-corrected chi connectivity index (χ2v) is 7.65. The van der Waals surface area contributed by atoms with E-state index in [1.165, 1.54) is 11.9 Å². The van der Waals surface area contributed by atoms with Crippen molar-refractivity contribution in [2.24, 2.45) is 7.05 Å². The molecule has 0 spiro atoms. The molecule has 1 aliphatic rings. The Kier molecular flexibility index (Phi) is 6.03. The molecule has 1 saturated heterocycles. The molecular weight excluding hydrogens is 348 g/mol. The predicted molar refractivity (Wildman–Crippen MR) is 95.8 cm³/mol. The molecule has 0 aliphatic carbocycles. The van der Waals surface area contributed by atoms with E-state index in [4.69, 9.17) is 0 Å². The fourth-order valence-corrected chi connectivity index (χ4v) is 4.46. The third kappa shape index (κ3) is 3.64. The van der Waals surface area contributed by atoms with Crippen LogP contribution in [0.2, 0.25) is 0 Å². The number of imidazole rings is 1. The predicted octanol–water partition coefficient (Wildman–Crippen LogP) is 1.74. The van der Waals surface area contributed by atoms with Crippen LogP contribution in [0.15, 0.2) is 41.8 Å². The van der Waals surface area contributed by atoms with Crippen LogP contribution >= 0.6 is 12.4 Å². The second-order valence-electron chi connectivity index (χ2n) is 5.81. The summed E-state index contributed by atoms with van der Waals surface area (Å²) in [5.41, 5.74) is 2.26. The smallest absolute Gasteiger partial charge is 0.262 e. The highest BCUT2D eigenvalue weighted by Crippen LogP contribution is 2.28. The van der Waals surface area contributed by atoms with E-state index >= 15 is 0 Å². The molecule has 1 aromatic heterocycles. The van der Waals surface area contributed by atoms with E-state index < -0.39 is 10.0 Å². The SMILES string of the molecule is CCc1ccc(C2CNCCN2S(=O)(=O)c2cn(C)cn2)cc1.Cl. The number of aryl methyl sites for hydroxylation is 2. The van der Waals surface area contributed by atoms with Crippen LogP contribution in [-0.2, 0) is 23.5 Å². The van der Waals surface area contributed by atoms with Gasteiger partial charge in [0.1, 0.15) is 0 Å². The Morgan fingerprint density at radius 3 is 2.58 bits per heavy atom. The summed E-state index contributed by atoms with van der Waals surface area (Å²) in [6.45, 7) is 3.81. The highest BCUT2D eigenvalue weighted by atomic mass is 35.5. The normalized spacial score (nSPS) is 19.0. The third-order valence-corrected chi connectivity index (χ3v) is 6.02. The van der Waals surface area contributed by atoms with Crippen molar-refractivity contribution < 1.29 is 8.42 Å². The summed E-state index contributed by atoms with van der Waals surface area (Å²) in [5.74, 6) is 0. The maximum atomic E-state index is 12.9. The Balaban J connectivity index is 0.00000208. The number of hydrogen-bond donors (Lipinski definition) is 1. The molecule has 0 radical (unpaired) electrons. The zero-order valence-corrected chi connectivity index (χ0v) is 15.5. The highest BCUT2D eigenvalue weighted by Gasteiger charge is 2.35. The number of halogens is 1. The molecule has 1 atom stereocenters. The first kappa shape index (κ1) is 18.9. The Labute approximate surface area is 149 Å². The number of sulfonamides is 1. The van der Waals surface area contributed by atoms with Gasteiger partial charge in [-0.15, -0.1) is 12.4 Å². The minimum absolute atomic E-state index is 0. The maximum absolute atomic E-state index is 12.9. The molecule has 0 saturated carbocycles. The number of benzene rings is 1. The summed E-state index contributed by atoms with van der Waals surface area (Å²) in [6.07, 6.45) is 4.04. The van der Waals surface area contributed by atoms with Crippen molar-refractivity contribution in [3.63, 3.8) is 0 Å². The number of rotatable bonds is 4. The lowest BCUT2D eigenvalue weighted by Gasteiger charge is -2.35. The minimum Gasteiger partial charge on any atom is -0.339 e. The van der Waals surface area contributed by atoms with E-state index in [2.05, 4.69) is 29.4 Å². The Bertz CT molecular complexity index is 774. The average Bonchev–Trinajstić information content (AvgIpc) is 3.02. The average molecular weight is 371 g/mol. The molecular formula is C16H23ClN4O2S. The van der Waals surface area contributed by atoms with Crippen LogP contribution in [0.1, 0.15) is 24.1 Å². The first-order chi connectivity index (χ1) is 11.0. The first-order valence-corrected chi connectivity index (χ1v) is 9.25. The number of piperazine rings is 1. The zero-order chi connectivity index (χ0) is 16.4. The van der Waals surface area contributed by atoms with Gasteiger partial charge >= 0.3 is 0 Å². The van der Waals surface area contributed by atoms with Crippen LogP contribution in [0, 0.1) is 0 Å². The van der Waals surface area contributed by atoms with E-state index in [1.807, 2.05) is 12.1 Å². The fourth-order valence-electron chi connectivity index (χ4n) is 2.88. The largest absolute Gasteiger partial charge is 0.339 e. The summed E-state index contributed by atoms with van der Waals surface area (Å²) in [7, 11) is -1.82. The van der Waals surface area contributed by atoms with Gasteiger partial charge in [0.05, 0.1) is 12.4 Å². The summed E-state index contributed by atoms with van der Waals surface area (Å²) >= 11 is 0. The number of aromatic nitrogens is 2. The lowest BCUT2D eigenvalue weighted by Crippen LogP contribution is -2.48. The molecule has 1 aliphatic heterocycles. The summed E-state index contributed by atoms with van der Waals surface area (Å²) < 4.78 is 29.1. The standard InChI is InChI=1S/C16H22N4O2S.ClH/c1-3-13-4-6-14(7-5-13)15-10-17-8-9-20(15)23(21,22)16-11-19(2)12-18-16;/h4-7,11-12,15,17H,3,8-10H2,1-2H3;1H. The van der Waals surface area contributed by atoms with Crippen molar-refractivity contribution in [3.8, 4) is 0 Å².